The summed E-state index contributed by atoms with van der Waals surface area (Å²) in [6.07, 6.45) is 3.89. The summed E-state index contributed by atoms with van der Waals surface area (Å²) in [6.45, 7) is 10.8. The van der Waals surface area contributed by atoms with Gasteiger partial charge in [0.05, 0.1) is 5.69 Å². The van der Waals surface area contributed by atoms with E-state index in [0.29, 0.717) is 11.5 Å². The third-order valence-electron chi connectivity index (χ3n) is 4.14. The van der Waals surface area contributed by atoms with E-state index in [9.17, 15) is 0 Å². The quantitative estimate of drug-likeness (QED) is 0.821. The van der Waals surface area contributed by atoms with E-state index in [4.69, 9.17) is 0 Å². The summed E-state index contributed by atoms with van der Waals surface area (Å²) in [7, 11) is 0. The van der Waals surface area contributed by atoms with E-state index in [2.05, 4.69) is 48.9 Å². The van der Waals surface area contributed by atoms with Crippen molar-refractivity contribution >= 4 is 0 Å². The zero-order valence-electron chi connectivity index (χ0n) is 11.6. The summed E-state index contributed by atoms with van der Waals surface area (Å²) in [6, 6.07) is 2.87. The van der Waals surface area contributed by atoms with Crippen molar-refractivity contribution in [2.24, 2.45) is 5.41 Å². The van der Waals surface area contributed by atoms with Gasteiger partial charge in [-0.05, 0) is 58.1 Å². The first-order chi connectivity index (χ1) is 8.11. The van der Waals surface area contributed by atoms with Crippen LogP contribution in [0.1, 0.15) is 45.0 Å². The lowest BCUT2D eigenvalue weighted by Gasteiger charge is -2.24. The lowest BCUT2D eigenvalue weighted by Crippen LogP contribution is -2.36. The predicted molar refractivity (Wildman–Crippen MR) is 71.1 cm³/mol. The number of aryl methyl sites for hydroxylation is 2. The minimum atomic E-state index is 0.495. The highest BCUT2D eigenvalue weighted by molar-refractivity contribution is 5.15. The normalized spacial score (nSPS) is 19.3. The van der Waals surface area contributed by atoms with Gasteiger partial charge in [-0.1, -0.05) is 6.92 Å². The Labute approximate surface area is 105 Å². The van der Waals surface area contributed by atoms with Crippen molar-refractivity contribution in [2.75, 3.05) is 6.54 Å². The highest BCUT2D eigenvalue weighted by atomic mass is 15.3. The van der Waals surface area contributed by atoms with Crippen LogP contribution in [0.15, 0.2) is 6.07 Å². The number of rotatable bonds is 6. The standard InChI is InChI=1S/C14H25N3/c1-5-15-12(4)14(7-8-14)10-13-9-11(3)16-17(13)6-2/h9,12,15H,5-8,10H2,1-4H3. The van der Waals surface area contributed by atoms with Crippen LogP contribution in [0.4, 0.5) is 0 Å². The molecule has 0 saturated heterocycles. The van der Waals surface area contributed by atoms with Crippen LogP contribution in [-0.2, 0) is 13.0 Å². The molecule has 1 heterocycles. The Morgan fingerprint density at radius 3 is 2.71 bits per heavy atom. The Kier molecular flexibility index (Phi) is 3.57. The maximum Gasteiger partial charge on any atom is 0.0596 e. The average Bonchev–Trinajstić information content (AvgIpc) is 2.98. The second kappa shape index (κ2) is 4.81. The Morgan fingerprint density at radius 1 is 1.47 bits per heavy atom. The van der Waals surface area contributed by atoms with Crippen LogP contribution >= 0.6 is 0 Å². The van der Waals surface area contributed by atoms with Gasteiger partial charge in [0.25, 0.3) is 0 Å². The fourth-order valence-corrected chi connectivity index (χ4v) is 2.82. The first kappa shape index (κ1) is 12.6. The minimum Gasteiger partial charge on any atom is -0.314 e. The summed E-state index contributed by atoms with van der Waals surface area (Å²) in [4.78, 5) is 0. The molecule has 0 spiro atoms. The number of hydrogen-bond donors (Lipinski definition) is 1. The summed E-state index contributed by atoms with van der Waals surface area (Å²) < 4.78 is 2.16. The molecule has 17 heavy (non-hydrogen) atoms. The molecule has 1 unspecified atom stereocenters. The Hall–Kier alpha value is -0.830. The molecule has 1 atom stereocenters. The molecule has 1 fully saturated rings. The van der Waals surface area contributed by atoms with E-state index < -0.39 is 0 Å². The number of hydrogen-bond acceptors (Lipinski definition) is 2. The van der Waals surface area contributed by atoms with Gasteiger partial charge in [-0.15, -0.1) is 0 Å². The third-order valence-corrected chi connectivity index (χ3v) is 4.14. The fourth-order valence-electron chi connectivity index (χ4n) is 2.82. The monoisotopic (exact) mass is 235 g/mol. The van der Waals surface area contributed by atoms with Crippen LogP contribution in [0.25, 0.3) is 0 Å². The van der Waals surface area contributed by atoms with Crippen molar-refractivity contribution in [3.05, 3.63) is 17.5 Å². The SMILES string of the molecule is CCNC(C)C1(Cc2cc(C)nn2CC)CC1. The zero-order chi connectivity index (χ0) is 12.5. The number of nitrogens with zero attached hydrogens (tertiary/aromatic N) is 2. The molecule has 1 aliphatic rings. The van der Waals surface area contributed by atoms with E-state index in [1.807, 2.05) is 0 Å². The van der Waals surface area contributed by atoms with Gasteiger partial charge >= 0.3 is 0 Å². The van der Waals surface area contributed by atoms with Gasteiger partial charge in [-0.25, -0.2) is 0 Å². The summed E-state index contributed by atoms with van der Waals surface area (Å²) >= 11 is 0. The molecular weight excluding hydrogens is 210 g/mol. The highest BCUT2D eigenvalue weighted by Crippen LogP contribution is 2.51. The van der Waals surface area contributed by atoms with Gasteiger partial charge in [0, 0.05) is 18.3 Å². The molecular formula is C14H25N3. The van der Waals surface area contributed by atoms with Crippen LogP contribution in [0.2, 0.25) is 0 Å². The van der Waals surface area contributed by atoms with Gasteiger partial charge in [-0.2, -0.15) is 5.10 Å². The lowest BCUT2D eigenvalue weighted by atomic mass is 9.92. The van der Waals surface area contributed by atoms with Gasteiger partial charge in [0.2, 0.25) is 0 Å². The average molecular weight is 235 g/mol. The van der Waals surface area contributed by atoms with E-state index in [0.717, 1.165) is 18.8 Å². The van der Waals surface area contributed by atoms with Crippen LogP contribution in [0.3, 0.4) is 0 Å². The molecule has 96 valence electrons. The van der Waals surface area contributed by atoms with Crippen LogP contribution in [-0.4, -0.2) is 22.4 Å². The van der Waals surface area contributed by atoms with E-state index in [1.165, 1.54) is 25.0 Å². The van der Waals surface area contributed by atoms with E-state index in [1.54, 1.807) is 0 Å². The zero-order valence-corrected chi connectivity index (χ0v) is 11.6. The molecule has 1 N–H and O–H groups in total. The van der Waals surface area contributed by atoms with Crippen molar-refractivity contribution in [1.29, 1.82) is 0 Å². The van der Waals surface area contributed by atoms with E-state index >= 15 is 0 Å². The van der Waals surface area contributed by atoms with Crippen LogP contribution in [0, 0.1) is 12.3 Å². The van der Waals surface area contributed by atoms with E-state index in [-0.39, 0.29) is 0 Å². The van der Waals surface area contributed by atoms with Crippen molar-refractivity contribution < 1.29 is 0 Å². The summed E-state index contributed by atoms with van der Waals surface area (Å²) in [5.74, 6) is 0. The molecule has 0 bridgehead atoms. The molecule has 0 amide bonds. The fraction of sp³-hybridized carbons (Fsp3) is 0.786. The third kappa shape index (κ3) is 2.54. The second-order valence-corrected chi connectivity index (χ2v) is 5.41. The highest BCUT2D eigenvalue weighted by Gasteiger charge is 2.47. The van der Waals surface area contributed by atoms with Crippen molar-refractivity contribution in [3.63, 3.8) is 0 Å². The minimum absolute atomic E-state index is 0.495. The van der Waals surface area contributed by atoms with Crippen LogP contribution in [0.5, 0.6) is 0 Å². The largest absolute Gasteiger partial charge is 0.314 e. The van der Waals surface area contributed by atoms with Gasteiger partial charge in [-0.3, -0.25) is 4.68 Å². The van der Waals surface area contributed by atoms with Crippen molar-refractivity contribution in [3.8, 4) is 0 Å². The Morgan fingerprint density at radius 2 is 2.18 bits per heavy atom. The van der Waals surface area contributed by atoms with Gasteiger partial charge in [0.15, 0.2) is 0 Å². The van der Waals surface area contributed by atoms with Gasteiger partial charge in [0.1, 0.15) is 0 Å². The molecule has 0 aliphatic heterocycles. The van der Waals surface area contributed by atoms with Crippen LogP contribution < -0.4 is 5.32 Å². The number of aromatic nitrogens is 2. The molecule has 0 aromatic carbocycles. The molecule has 1 aliphatic carbocycles. The predicted octanol–water partition coefficient (Wildman–Crippen LogP) is 2.53. The Bertz CT molecular complexity index is 377. The summed E-state index contributed by atoms with van der Waals surface area (Å²) in [5.41, 5.74) is 3.05. The lowest BCUT2D eigenvalue weighted by molar-refractivity contribution is 0.347. The topological polar surface area (TPSA) is 29.9 Å². The maximum absolute atomic E-state index is 4.54. The van der Waals surface area contributed by atoms with Gasteiger partial charge < -0.3 is 5.32 Å². The molecule has 1 aromatic rings. The molecule has 0 radical (unpaired) electrons. The first-order valence-corrected chi connectivity index (χ1v) is 6.88. The first-order valence-electron chi connectivity index (χ1n) is 6.88. The molecule has 3 heteroatoms. The molecule has 1 saturated carbocycles. The van der Waals surface area contributed by atoms with Crippen molar-refractivity contribution in [2.45, 2.75) is 59.5 Å². The second-order valence-electron chi connectivity index (χ2n) is 5.41. The number of nitrogens with one attached hydrogen (secondary N) is 1. The molecule has 2 rings (SSSR count). The summed E-state index contributed by atoms with van der Waals surface area (Å²) in [5, 5.41) is 8.13. The smallest absolute Gasteiger partial charge is 0.0596 e. The molecule has 1 aromatic heterocycles. The molecule has 3 nitrogen and oxygen atoms in total. The maximum atomic E-state index is 4.54. The Balaban J connectivity index is 2.09. The van der Waals surface area contributed by atoms with Crippen molar-refractivity contribution in [1.82, 2.24) is 15.1 Å².